The molecular formula is C17H19ClN2O3S. The van der Waals surface area contributed by atoms with Crippen molar-refractivity contribution >= 4 is 27.5 Å². The standard InChI is InChI=1S/C17H19ClN2O3S/c1-2-20-24(22,23)16-9-3-13(4-10-16)11-12-19-17(21)14-5-7-15(18)8-6-14/h3-10,20H,2,11-12H2,1H3,(H,19,21). The third-order valence-corrected chi connectivity index (χ3v) is 5.19. The summed E-state index contributed by atoms with van der Waals surface area (Å²) in [5.41, 5.74) is 1.49. The van der Waals surface area contributed by atoms with Gasteiger partial charge in [-0.3, -0.25) is 4.79 Å². The van der Waals surface area contributed by atoms with Gasteiger partial charge < -0.3 is 5.32 Å². The predicted molar refractivity (Wildman–Crippen MR) is 94.8 cm³/mol. The summed E-state index contributed by atoms with van der Waals surface area (Å²) in [6.07, 6.45) is 0.612. The second-order valence-corrected chi connectivity index (χ2v) is 7.36. The highest BCUT2D eigenvalue weighted by molar-refractivity contribution is 7.89. The van der Waals surface area contributed by atoms with Crippen molar-refractivity contribution < 1.29 is 13.2 Å². The summed E-state index contributed by atoms with van der Waals surface area (Å²) < 4.78 is 26.1. The number of carbonyl (C=O) groups excluding carboxylic acids is 1. The second-order valence-electron chi connectivity index (χ2n) is 5.16. The third kappa shape index (κ3) is 5.06. The van der Waals surface area contributed by atoms with Crippen LogP contribution in [0.1, 0.15) is 22.8 Å². The van der Waals surface area contributed by atoms with E-state index in [4.69, 9.17) is 11.6 Å². The van der Waals surface area contributed by atoms with Gasteiger partial charge in [0.05, 0.1) is 4.90 Å². The molecule has 1 amide bonds. The Kier molecular flexibility index (Phi) is 6.36. The van der Waals surface area contributed by atoms with Crippen molar-refractivity contribution in [1.29, 1.82) is 0 Å². The summed E-state index contributed by atoms with van der Waals surface area (Å²) in [6, 6.07) is 13.3. The predicted octanol–water partition coefficient (Wildman–Crippen LogP) is 2.61. The molecule has 0 radical (unpaired) electrons. The van der Waals surface area contributed by atoms with Crippen LogP contribution in [0, 0.1) is 0 Å². The third-order valence-electron chi connectivity index (χ3n) is 3.37. The van der Waals surface area contributed by atoms with Crippen LogP contribution in [0.4, 0.5) is 0 Å². The molecule has 0 aromatic heterocycles. The quantitative estimate of drug-likeness (QED) is 0.790. The molecule has 0 bridgehead atoms. The molecule has 2 rings (SSSR count). The van der Waals surface area contributed by atoms with E-state index < -0.39 is 10.0 Å². The van der Waals surface area contributed by atoms with Crippen molar-refractivity contribution in [2.45, 2.75) is 18.2 Å². The molecule has 0 atom stereocenters. The van der Waals surface area contributed by atoms with Crippen molar-refractivity contribution in [3.63, 3.8) is 0 Å². The van der Waals surface area contributed by atoms with Crippen molar-refractivity contribution in [2.75, 3.05) is 13.1 Å². The Morgan fingerprint density at radius 3 is 2.25 bits per heavy atom. The number of rotatable bonds is 7. The fourth-order valence-electron chi connectivity index (χ4n) is 2.13. The lowest BCUT2D eigenvalue weighted by Gasteiger charge is -2.07. The lowest BCUT2D eigenvalue weighted by Crippen LogP contribution is -2.25. The average Bonchev–Trinajstić information content (AvgIpc) is 2.56. The van der Waals surface area contributed by atoms with Gasteiger partial charge in [0.2, 0.25) is 10.0 Å². The lowest BCUT2D eigenvalue weighted by molar-refractivity contribution is 0.0954. The van der Waals surface area contributed by atoms with Crippen molar-refractivity contribution in [2.24, 2.45) is 0 Å². The van der Waals surface area contributed by atoms with E-state index in [-0.39, 0.29) is 10.8 Å². The van der Waals surface area contributed by atoms with Gasteiger partial charge >= 0.3 is 0 Å². The maximum atomic E-state index is 12.0. The lowest BCUT2D eigenvalue weighted by atomic mass is 10.1. The Hall–Kier alpha value is -1.89. The minimum absolute atomic E-state index is 0.169. The molecule has 2 N–H and O–H groups in total. The zero-order chi connectivity index (χ0) is 17.6. The minimum atomic E-state index is -3.43. The summed E-state index contributed by atoms with van der Waals surface area (Å²) >= 11 is 5.79. The minimum Gasteiger partial charge on any atom is -0.352 e. The molecular weight excluding hydrogens is 348 g/mol. The molecule has 5 nitrogen and oxygen atoms in total. The summed E-state index contributed by atoms with van der Waals surface area (Å²) in [5.74, 6) is -0.169. The molecule has 0 unspecified atom stereocenters. The van der Waals surface area contributed by atoms with Gasteiger partial charge in [0.15, 0.2) is 0 Å². The van der Waals surface area contributed by atoms with Crippen LogP contribution in [0.3, 0.4) is 0 Å². The van der Waals surface area contributed by atoms with Crippen LogP contribution in [-0.2, 0) is 16.4 Å². The first-order valence-corrected chi connectivity index (χ1v) is 9.41. The first-order valence-electron chi connectivity index (χ1n) is 7.55. The molecule has 2 aromatic rings. The number of amides is 1. The van der Waals surface area contributed by atoms with Gasteiger partial charge in [-0.25, -0.2) is 13.1 Å². The topological polar surface area (TPSA) is 75.3 Å². The number of benzene rings is 2. The van der Waals surface area contributed by atoms with Crippen LogP contribution < -0.4 is 10.0 Å². The Balaban J connectivity index is 1.88. The largest absolute Gasteiger partial charge is 0.352 e. The molecule has 7 heteroatoms. The van der Waals surface area contributed by atoms with Gasteiger partial charge in [0.25, 0.3) is 5.91 Å². The first-order chi connectivity index (χ1) is 11.4. The molecule has 2 aromatic carbocycles. The maximum Gasteiger partial charge on any atom is 0.251 e. The van der Waals surface area contributed by atoms with Crippen LogP contribution in [0.2, 0.25) is 5.02 Å². The highest BCUT2D eigenvalue weighted by atomic mass is 35.5. The van der Waals surface area contributed by atoms with E-state index in [2.05, 4.69) is 10.0 Å². The van der Waals surface area contributed by atoms with Crippen LogP contribution in [-0.4, -0.2) is 27.4 Å². The number of nitrogens with one attached hydrogen (secondary N) is 2. The van der Waals surface area contributed by atoms with E-state index in [1.807, 2.05) is 0 Å². The number of halogens is 1. The van der Waals surface area contributed by atoms with Crippen molar-refractivity contribution in [1.82, 2.24) is 10.0 Å². The number of hydrogen-bond acceptors (Lipinski definition) is 3. The van der Waals surface area contributed by atoms with Crippen molar-refractivity contribution in [3.8, 4) is 0 Å². The summed E-state index contributed by atoms with van der Waals surface area (Å²) in [4.78, 5) is 12.2. The normalized spacial score (nSPS) is 11.2. The molecule has 24 heavy (non-hydrogen) atoms. The Bertz CT molecular complexity index is 788. The molecule has 0 aliphatic carbocycles. The van der Waals surface area contributed by atoms with Gasteiger partial charge in [0.1, 0.15) is 0 Å². The highest BCUT2D eigenvalue weighted by Gasteiger charge is 2.11. The van der Waals surface area contributed by atoms with Crippen LogP contribution >= 0.6 is 11.6 Å². The van der Waals surface area contributed by atoms with Gasteiger partial charge in [-0.15, -0.1) is 0 Å². The molecule has 0 heterocycles. The van der Waals surface area contributed by atoms with E-state index in [0.717, 1.165) is 5.56 Å². The van der Waals surface area contributed by atoms with Gasteiger partial charge in [0, 0.05) is 23.7 Å². The zero-order valence-corrected chi connectivity index (χ0v) is 14.8. The monoisotopic (exact) mass is 366 g/mol. The first kappa shape index (κ1) is 18.4. The molecule has 0 fully saturated rings. The zero-order valence-electron chi connectivity index (χ0n) is 13.3. The van der Waals surface area contributed by atoms with Crippen LogP contribution in [0.5, 0.6) is 0 Å². The van der Waals surface area contributed by atoms with Crippen molar-refractivity contribution in [3.05, 3.63) is 64.7 Å². The van der Waals surface area contributed by atoms with Gasteiger partial charge in [-0.2, -0.15) is 0 Å². The van der Waals surface area contributed by atoms with E-state index in [1.165, 1.54) is 0 Å². The van der Waals surface area contributed by atoms with Crippen LogP contribution in [0.25, 0.3) is 0 Å². The van der Waals surface area contributed by atoms with E-state index in [0.29, 0.717) is 30.1 Å². The highest BCUT2D eigenvalue weighted by Crippen LogP contribution is 2.11. The Morgan fingerprint density at radius 1 is 1.04 bits per heavy atom. The molecule has 0 aliphatic rings. The molecule has 0 spiro atoms. The summed E-state index contributed by atoms with van der Waals surface area (Å²) in [7, 11) is -3.43. The molecule has 128 valence electrons. The van der Waals surface area contributed by atoms with E-state index >= 15 is 0 Å². The number of carbonyl (C=O) groups is 1. The van der Waals surface area contributed by atoms with E-state index in [1.54, 1.807) is 55.5 Å². The molecule has 0 aliphatic heterocycles. The molecule has 0 saturated carbocycles. The average molecular weight is 367 g/mol. The fourth-order valence-corrected chi connectivity index (χ4v) is 3.30. The van der Waals surface area contributed by atoms with Crippen LogP contribution in [0.15, 0.2) is 53.4 Å². The number of hydrogen-bond donors (Lipinski definition) is 2. The van der Waals surface area contributed by atoms with Gasteiger partial charge in [-0.05, 0) is 48.4 Å². The van der Waals surface area contributed by atoms with Gasteiger partial charge in [-0.1, -0.05) is 30.7 Å². The Morgan fingerprint density at radius 2 is 1.67 bits per heavy atom. The smallest absolute Gasteiger partial charge is 0.251 e. The maximum absolute atomic E-state index is 12.0. The fraction of sp³-hybridized carbons (Fsp3) is 0.235. The summed E-state index contributed by atoms with van der Waals surface area (Å²) in [6.45, 7) is 2.54. The second kappa shape index (κ2) is 8.28. The SMILES string of the molecule is CCNS(=O)(=O)c1ccc(CCNC(=O)c2ccc(Cl)cc2)cc1. The molecule has 0 saturated heterocycles. The summed E-state index contributed by atoms with van der Waals surface area (Å²) in [5, 5.41) is 3.40. The van der Waals surface area contributed by atoms with E-state index in [9.17, 15) is 13.2 Å². The number of sulfonamides is 1. The Labute approximate surface area is 147 Å².